The Morgan fingerprint density at radius 2 is 1.91 bits per heavy atom. The fourth-order valence-corrected chi connectivity index (χ4v) is 1.73. The molecular formula is C14H17N5O3. The van der Waals surface area contributed by atoms with Crippen molar-refractivity contribution in [3.63, 3.8) is 0 Å². The fraction of sp³-hybridized carbons (Fsp3) is 0.500. The van der Waals surface area contributed by atoms with Crippen molar-refractivity contribution in [1.29, 1.82) is 10.5 Å². The van der Waals surface area contributed by atoms with Gasteiger partial charge in [-0.2, -0.15) is 15.6 Å². The van der Waals surface area contributed by atoms with Crippen LogP contribution < -0.4 is 0 Å². The van der Waals surface area contributed by atoms with Gasteiger partial charge in [-0.25, -0.2) is 4.79 Å². The molecule has 0 radical (unpaired) electrons. The largest absolute Gasteiger partial charge is 0.452 e. The SMILES string of the molecule is Cc1c(C(=O)OCC(=O)N(CCC#N)CCC#N)cnn1C. The molecule has 8 heteroatoms. The van der Waals surface area contributed by atoms with Crippen LogP contribution in [0.5, 0.6) is 0 Å². The van der Waals surface area contributed by atoms with E-state index < -0.39 is 18.5 Å². The Kier molecular flexibility index (Phi) is 6.58. The summed E-state index contributed by atoms with van der Waals surface area (Å²) in [6, 6.07) is 3.87. The number of carbonyl (C=O) groups excluding carboxylic acids is 2. The molecular weight excluding hydrogens is 286 g/mol. The van der Waals surface area contributed by atoms with Gasteiger partial charge >= 0.3 is 5.97 Å². The van der Waals surface area contributed by atoms with Crippen LogP contribution in [0.25, 0.3) is 0 Å². The predicted octanol–water partition coefficient (Wildman–Crippen LogP) is 0.541. The number of aromatic nitrogens is 2. The Morgan fingerprint density at radius 1 is 1.32 bits per heavy atom. The van der Waals surface area contributed by atoms with Crippen molar-refractivity contribution in [2.75, 3.05) is 19.7 Å². The normalized spacial score (nSPS) is 9.64. The Hall–Kier alpha value is -2.87. The van der Waals surface area contributed by atoms with Crippen LogP contribution in [0, 0.1) is 29.6 Å². The van der Waals surface area contributed by atoms with E-state index in [1.54, 1.807) is 14.0 Å². The molecule has 0 bridgehead atoms. The van der Waals surface area contributed by atoms with Gasteiger partial charge in [0.15, 0.2) is 6.61 Å². The summed E-state index contributed by atoms with van der Waals surface area (Å²) in [5.41, 5.74) is 0.944. The van der Waals surface area contributed by atoms with Gasteiger partial charge in [-0.3, -0.25) is 9.48 Å². The number of hydrogen-bond donors (Lipinski definition) is 0. The van der Waals surface area contributed by atoms with Crippen LogP contribution in [0.1, 0.15) is 28.9 Å². The highest BCUT2D eigenvalue weighted by molar-refractivity contribution is 5.92. The topological polar surface area (TPSA) is 112 Å². The summed E-state index contributed by atoms with van der Waals surface area (Å²) in [6.45, 7) is 1.71. The van der Waals surface area contributed by atoms with Crippen molar-refractivity contribution >= 4 is 11.9 Å². The first-order valence-electron chi connectivity index (χ1n) is 6.68. The Balaban J connectivity index is 2.58. The fourth-order valence-electron chi connectivity index (χ4n) is 1.73. The van der Waals surface area contributed by atoms with Crippen molar-refractivity contribution in [3.05, 3.63) is 17.5 Å². The molecule has 1 aromatic rings. The minimum absolute atomic E-state index is 0.160. The first kappa shape index (κ1) is 17.2. The lowest BCUT2D eigenvalue weighted by Crippen LogP contribution is -2.36. The maximum absolute atomic E-state index is 12.0. The number of carbonyl (C=O) groups is 2. The van der Waals surface area contributed by atoms with Crippen molar-refractivity contribution in [2.24, 2.45) is 7.05 Å². The molecule has 0 aromatic carbocycles. The van der Waals surface area contributed by atoms with Gasteiger partial charge in [-0.15, -0.1) is 0 Å². The van der Waals surface area contributed by atoms with Crippen LogP contribution in [-0.4, -0.2) is 46.3 Å². The van der Waals surface area contributed by atoms with Gasteiger partial charge in [0.1, 0.15) is 5.56 Å². The molecule has 22 heavy (non-hydrogen) atoms. The molecule has 0 aliphatic rings. The molecule has 1 heterocycles. The summed E-state index contributed by atoms with van der Waals surface area (Å²) in [5, 5.41) is 21.1. The van der Waals surface area contributed by atoms with Crippen LogP contribution in [0.3, 0.4) is 0 Å². The van der Waals surface area contributed by atoms with Crippen LogP contribution in [0.4, 0.5) is 0 Å². The molecule has 116 valence electrons. The molecule has 1 rings (SSSR count). The van der Waals surface area contributed by atoms with E-state index in [0.29, 0.717) is 11.3 Å². The molecule has 0 saturated carbocycles. The van der Waals surface area contributed by atoms with E-state index in [0.717, 1.165) is 0 Å². The number of nitriles is 2. The van der Waals surface area contributed by atoms with E-state index in [9.17, 15) is 9.59 Å². The quantitative estimate of drug-likeness (QED) is 0.679. The number of amides is 1. The van der Waals surface area contributed by atoms with Crippen molar-refractivity contribution in [2.45, 2.75) is 19.8 Å². The van der Waals surface area contributed by atoms with Gasteiger partial charge in [-0.1, -0.05) is 0 Å². The van der Waals surface area contributed by atoms with E-state index in [4.69, 9.17) is 15.3 Å². The summed E-state index contributed by atoms with van der Waals surface area (Å²) in [5.74, 6) is -1.06. The van der Waals surface area contributed by atoms with E-state index in [-0.39, 0.29) is 25.9 Å². The maximum atomic E-state index is 12.0. The third-order valence-corrected chi connectivity index (χ3v) is 3.12. The number of esters is 1. The second kappa shape index (κ2) is 8.42. The lowest BCUT2D eigenvalue weighted by Gasteiger charge is -2.20. The number of nitrogens with zero attached hydrogens (tertiary/aromatic N) is 5. The molecule has 0 unspecified atom stereocenters. The molecule has 0 N–H and O–H groups in total. The van der Waals surface area contributed by atoms with Gasteiger partial charge < -0.3 is 9.64 Å². The number of ether oxygens (including phenoxy) is 1. The molecule has 1 aromatic heterocycles. The van der Waals surface area contributed by atoms with Gasteiger partial charge in [0, 0.05) is 25.8 Å². The lowest BCUT2D eigenvalue weighted by atomic mass is 10.3. The number of aryl methyl sites for hydroxylation is 1. The molecule has 0 aliphatic heterocycles. The Bertz CT molecular complexity index is 605. The third kappa shape index (κ3) is 4.60. The monoisotopic (exact) mass is 303 g/mol. The lowest BCUT2D eigenvalue weighted by molar-refractivity contribution is -0.134. The third-order valence-electron chi connectivity index (χ3n) is 3.12. The van der Waals surface area contributed by atoms with Crippen molar-refractivity contribution in [3.8, 4) is 12.1 Å². The van der Waals surface area contributed by atoms with Crippen LogP contribution in [-0.2, 0) is 16.6 Å². The first-order chi connectivity index (χ1) is 10.5. The minimum Gasteiger partial charge on any atom is -0.452 e. The molecule has 1 amide bonds. The summed E-state index contributed by atoms with van der Waals surface area (Å²) < 4.78 is 6.51. The number of rotatable bonds is 7. The van der Waals surface area contributed by atoms with Gasteiger partial charge in [-0.05, 0) is 6.92 Å². The summed E-state index contributed by atoms with van der Waals surface area (Å²) >= 11 is 0. The van der Waals surface area contributed by atoms with Crippen LogP contribution in [0.15, 0.2) is 6.20 Å². The smallest absolute Gasteiger partial charge is 0.342 e. The minimum atomic E-state index is -0.625. The molecule has 8 nitrogen and oxygen atoms in total. The number of hydrogen-bond acceptors (Lipinski definition) is 6. The summed E-state index contributed by atoms with van der Waals surface area (Å²) in [7, 11) is 1.70. The Labute approximate surface area is 128 Å². The maximum Gasteiger partial charge on any atom is 0.342 e. The highest BCUT2D eigenvalue weighted by Crippen LogP contribution is 2.07. The zero-order valence-corrected chi connectivity index (χ0v) is 12.6. The standard InChI is InChI=1S/C14H17N5O3/c1-11-12(9-17-18(11)2)14(21)22-10-13(20)19(7-3-5-15)8-4-6-16/h9H,3-4,7-8,10H2,1-2H3. The van der Waals surface area contributed by atoms with Crippen molar-refractivity contribution < 1.29 is 14.3 Å². The first-order valence-corrected chi connectivity index (χ1v) is 6.68. The zero-order valence-electron chi connectivity index (χ0n) is 12.6. The predicted molar refractivity (Wildman–Crippen MR) is 75.3 cm³/mol. The Morgan fingerprint density at radius 3 is 2.36 bits per heavy atom. The van der Waals surface area contributed by atoms with Gasteiger partial charge in [0.25, 0.3) is 5.91 Å². The molecule has 0 spiro atoms. The molecule has 0 saturated heterocycles. The summed E-state index contributed by atoms with van der Waals surface area (Å²) in [4.78, 5) is 25.2. The van der Waals surface area contributed by atoms with E-state index in [2.05, 4.69) is 5.10 Å². The van der Waals surface area contributed by atoms with Gasteiger partial charge in [0.05, 0.1) is 31.2 Å². The molecule has 0 fully saturated rings. The zero-order chi connectivity index (χ0) is 16.5. The van der Waals surface area contributed by atoms with E-state index in [1.165, 1.54) is 15.8 Å². The highest BCUT2D eigenvalue weighted by Gasteiger charge is 2.18. The highest BCUT2D eigenvalue weighted by atomic mass is 16.5. The summed E-state index contributed by atoms with van der Waals surface area (Å²) in [6.07, 6.45) is 1.70. The average molecular weight is 303 g/mol. The average Bonchev–Trinajstić information content (AvgIpc) is 2.84. The van der Waals surface area contributed by atoms with E-state index in [1.807, 2.05) is 12.1 Å². The van der Waals surface area contributed by atoms with Gasteiger partial charge in [0.2, 0.25) is 0 Å². The van der Waals surface area contributed by atoms with Crippen molar-refractivity contribution in [1.82, 2.24) is 14.7 Å². The molecule has 0 aliphatic carbocycles. The van der Waals surface area contributed by atoms with Crippen LogP contribution >= 0.6 is 0 Å². The second-order valence-corrected chi connectivity index (χ2v) is 4.54. The van der Waals surface area contributed by atoms with Crippen LogP contribution in [0.2, 0.25) is 0 Å². The second-order valence-electron chi connectivity index (χ2n) is 4.54. The van der Waals surface area contributed by atoms with E-state index >= 15 is 0 Å². The molecule has 0 atom stereocenters.